The van der Waals surface area contributed by atoms with Gasteiger partial charge in [-0.25, -0.2) is 4.79 Å². The van der Waals surface area contributed by atoms with E-state index in [-0.39, 0.29) is 0 Å². The molecular formula is C16H18ClN3O2. The van der Waals surface area contributed by atoms with Crippen LogP contribution in [0.15, 0.2) is 24.3 Å². The van der Waals surface area contributed by atoms with Crippen molar-refractivity contribution in [2.75, 3.05) is 7.05 Å². The quantitative estimate of drug-likeness (QED) is 0.681. The van der Waals surface area contributed by atoms with E-state index in [2.05, 4.69) is 17.2 Å². The molecule has 2 rings (SSSR count). The van der Waals surface area contributed by atoms with Crippen LogP contribution in [0.4, 0.5) is 4.79 Å². The van der Waals surface area contributed by atoms with Gasteiger partial charge in [0, 0.05) is 19.0 Å². The number of fused-ring (bicyclic) bond motifs is 1. The average molecular weight is 320 g/mol. The summed E-state index contributed by atoms with van der Waals surface area (Å²) < 4.78 is 0. The van der Waals surface area contributed by atoms with Crippen LogP contribution in [0.5, 0.6) is 0 Å². The van der Waals surface area contributed by atoms with Gasteiger partial charge in [0.05, 0.1) is 17.1 Å². The van der Waals surface area contributed by atoms with E-state index in [0.717, 1.165) is 34.1 Å². The molecule has 5 nitrogen and oxygen atoms in total. The zero-order chi connectivity index (χ0) is 16.1. The summed E-state index contributed by atoms with van der Waals surface area (Å²) >= 11 is 5.82. The van der Waals surface area contributed by atoms with Crippen LogP contribution in [0.1, 0.15) is 23.7 Å². The molecule has 1 N–H and O–H groups in total. The number of hydrogen-bond acceptors (Lipinski definition) is 3. The summed E-state index contributed by atoms with van der Waals surface area (Å²) in [6.07, 6.45) is 1.22. The number of imide groups is 1. The highest BCUT2D eigenvalue weighted by atomic mass is 35.5. The van der Waals surface area contributed by atoms with Crippen LogP contribution in [-0.4, -0.2) is 29.4 Å². The molecule has 0 aliphatic heterocycles. The summed E-state index contributed by atoms with van der Waals surface area (Å²) in [6, 6.07) is 7.52. The Balaban J connectivity index is 2.36. The first-order valence-electron chi connectivity index (χ1n) is 7.01. The molecule has 22 heavy (non-hydrogen) atoms. The molecule has 2 aromatic rings. The fourth-order valence-corrected chi connectivity index (χ4v) is 2.49. The topological polar surface area (TPSA) is 62.3 Å². The van der Waals surface area contributed by atoms with Crippen molar-refractivity contribution in [3.05, 3.63) is 41.1 Å². The van der Waals surface area contributed by atoms with Gasteiger partial charge in [0.25, 0.3) is 0 Å². The number of rotatable bonds is 5. The van der Waals surface area contributed by atoms with Gasteiger partial charge in [0.15, 0.2) is 0 Å². The van der Waals surface area contributed by atoms with Gasteiger partial charge in [-0.15, -0.1) is 11.6 Å². The Morgan fingerprint density at radius 3 is 2.77 bits per heavy atom. The lowest BCUT2D eigenvalue weighted by atomic mass is 10.0. The van der Waals surface area contributed by atoms with Gasteiger partial charge in [0.1, 0.15) is 0 Å². The fraction of sp³-hybridized carbons (Fsp3) is 0.312. The minimum absolute atomic E-state index is 0.383. The minimum atomic E-state index is -0.423. The lowest BCUT2D eigenvalue weighted by Gasteiger charge is -2.18. The molecule has 0 spiro atoms. The molecule has 0 atom stereocenters. The maximum atomic E-state index is 11.7. The monoisotopic (exact) mass is 319 g/mol. The van der Waals surface area contributed by atoms with Crippen molar-refractivity contribution < 1.29 is 9.59 Å². The van der Waals surface area contributed by atoms with E-state index >= 15 is 0 Å². The number of amides is 3. The van der Waals surface area contributed by atoms with Crippen molar-refractivity contribution in [3.63, 3.8) is 0 Å². The van der Waals surface area contributed by atoms with Crippen molar-refractivity contribution in [1.82, 2.24) is 15.2 Å². The second-order valence-electron chi connectivity index (χ2n) is 5.03. The Labute approximate surface area is 134 Å². The highest BCUT2D eigenvalue weighted by Crippen LogP contribution is 2.21. The number of benzene rings is 1. The lowest BCUT2D eigenvalue weighted by molar-refractivity contribution is -0.108. The average Bonchev–Trinajstić information content (AvgIpc) is 2.53. The third-order valence-electron chi connectivity index (χ3n) is 3.52. The van der Waals surface area contributed by atoms with E-state index in [0.29, 0.717) is 18.8 Å². The molecule has 6 heteroatoms. The van der Waals surface area contributed by atoms with Crippen LogP contribution in [0.3, 0.4) is 0 Å². The largest absolute Gasteiger partial charge is 0.323 e. The second-order valence-corrected chi connectivity index (χ2v) is 5.29. The Bertz CT molecular complexity index is 703. The van der Waals surface area contributed by atoms with Crippen molar-refractivity contribution >= 4 is 34.9 Å². The van der Waals surface area contributed by atoms with Crippen LogP contribution in [-0.2, 0) is 23.6 Å². The Kier molecular flexibility index (Phi) is 5.33. The number of nitrogens with one attached hydrogen (secondary N) is 1. The number of halogens is 1. The predicted molar refractivity (Wildman–Crippen MR) is 86.7 cm³/mol. The van der Waals surface area contributed by atoms with Gasteiger partial charge in [0.2, 0.25) is 6.41 Å². The number of pyridine rings is 1. The third kappa shape index (κ3) is 3.54. The Morgan fingerprint density at radius 2 is 2.14 bits per heavy atom. The third-order valence-corrected chi connectivity index (χ3v) is 3.80. The van der Waals surface area contributed by atoms with Crippen molar-refractivity contribution in [2.45, 2.75) is 25.8 Å². The van der Waals surface area contributed by atoms with Gasteiger partial charge in [-0.05, 0) is 35.7 Å². The minimum Gasteiger partial charge on any atom is -0.323 e. The summed E-state index contributed by atoms with van der Waals surface area (Å²) in [5, 5.41) is 3.14. The molecule has 1 aromatic heterocycles. The molecule has 0 saturated heterocycles. The number of carbonyl (C=O) groups excluding carboxylic acids is 2. The number of aryl methyl sites for hydroxylation is 1. The molecule has 0 saturated carbocycles. The number of nitrogens with zero attached hydrogens (tertiary/aromatic N) is 2. The molecule has 3 amide bonds. The van der Waals surface area contributed by atoms with Gasteiger partial charge in [-0.2, -0.15) is 0 Å². The summed E-state index contributed by atoms with van der Waals surface area (Å²) in [5.74, 6) is 0.383. The van der Waals surface area contributed by atoms with Gasteiger partial charge in [-0.1, -0.05) is 13.0 Å². The van der Waals surface area contributed by atoms with Crippen molar-refractivity contribution in [1.29, 1.82) is 0 Å². The van der Waals surface area contributed by atoms with Crippen molar-refractivity contribution in [3.8, 4) is 0 Å². The molecule has 0 fully saturated rings. The van der Waals surface area contributed by atoms with Crippen LogP contribution >= 0.6 is 11.6 Å². The summed E-state index contributed by atoms with van der Waals surface area (Å²) in [7, 11) is 1.65. The number of alkyl halides is 1. The van der Waals surface area contributed by atoms with E-state index in [4.69, 9.17) is 11.6 Å². The highest BCUT2D eigenvalue weighted by Gasteiger charge is 2.12. The number of carbonyl (C=O) groups is 2. The Hall–Kier alpha value is -2.14. The van der Waals surface area contributed by atoms with Crippen LogP contribution in [0, 0.1) is 0 Å². The first-order valence-corrected chi connectivity index (χ1v) is 7.55. The maximum Gasteiger partial charge on any atom is 0.323 e. The van der Waals surface area contributed by atoms with E-state index in [1.54, 1.807) is 7.05 Å². The summed E-state index contributed by atoms with van der Waals surface area (Å²) in [4.78, 5) is 28.0. The number of aromatic nitrogens is 1. The smallest absolute Gasteiger partial charge is 0.323 e. The normalized spacial score (nSPS) is 10.5. The van der Waals surface area contributed by atoms with Crippen LogP contribution in [0.25, 0.3) is 10.9 Å². The molecule has 1 heterocycles. The summed E-state index contributed by atoms with van der Waals surface area (Å²) in [5.41, 5.74) is 3.90. The van der Waals surface area contributed by atoms with Gasteiger partial charge in [-0.3, -0.25) is 15.1 Å². The van der Waals surface area contributed by atoms with Gasteiger partial charge < -0.3 is 4.90 Å². The fourth-order valence-electron chi connectivity index (χ4n) is 2.34. The number of urea groups is 1. The van der Waals surface area contributed by atoms with Crippen LogP contribution in [0.2, 0.25) is 0 Å². The van der Waals surface area contributed by atoms with E-state index in [1.165, 1.54) is 4.90 Å². The van der Waals surface area contributed by atoms with E-state index in [1.807, 2.05) is 24.3 Å². The molecular weight excluding hydrogens is 302 g/mol. The van der Waals surface area contributed by atoms with Crippen LogP contribution < -0.4 is 5.32 Å². The summed E-state index contributed by atoms with van der Waals surface area (Å²) in [6.45, 7) is 2.48. The first kappa shape index (κ1) is 16.2. The predicted octanol–water partition coefficient (Wildman–Crippen LogP) is 2.83. The second kappa shape index (κ2) is 7.22. The van der Waals surface area contributed by atoms with E-state index in [9.17, 15) is 9.59 Å². The maximum absolute atomic E-state index is 11.7. The number of hydrogen-bond donors (Lipinski definition) is 1. The first-order chi connectivity index (χ1) is 10.6. The molecule has 0 radical (unpaired) electrons. The molecule has 116 valence electrons. The molecule has 0 unspecified atom stereocenters. The molecule has 0 bridgehead atoms. The molecule has 0 aliphatic rings. The SMILES string of the molecule is CCc1cc2nc(CCl)ccc2cc1CN(C)C(=O)NC=O. The lowest BCUT2D eigenvalue weighted by Crippen LogP contribution is -2.36. The Morgan fingerprint density at radius 1 is 1.36 bits per heavy atom. The van der Waals surface area contributed by atoms with Crippen molar-refractivity contribution in [2.24, 2.45) is 0 Å². The van der Waals surface area contributed by atoms with E-state index < -0.39 is 6.03 Å². The zero-order valence-corrected chi connectivity index (χ0v) is 13.4. The molecule has 1 aromatic carbocycles. The molecule has 0 aliphatic carbocycles. The van der Waals surface area contributed by atoms with Gasteiger partial charge >= 0.3 is 6.03 Å². The highest BCUT2D eigenvalue weighted by molar-refractivity contribution is 6.16. The standard InChI is InChI=1S/C16H18ClN3O2/c1-3-11-7-15-12(4-5-14(8-17)19-15)6-13(11)9-20(2)16(22)18-10-21/h4-7,10H,3,8-9H2,1-2H3,(H,18,21,22). The zero-order valence-electron chi connectivity index (χ0n) is 12.6.